The molecule has 2 heterocycles. The summed E-state index contributed by atoms with van der Waals surface area (Å²) in [5, 5.41) is 8.10. The van der Waals surface area contributed by atoms with Gasteiger partial charge in [0.05, 0.1) is 11.9 Å². The van der Waals surface area contributed by atoms with E-state index >= 15 is 0 Å². The minimum atomic E-state index is 0.721. The van der Waals surface area contributed by atoms with E-state index in [9.17, 15) is 0 Å². The normalized spacial score (nSPS) is 14.7. The summed E-state index contributed by atoms with van der Waals surface area (Å²) in [6.07, 6.45) is 8.55. The van der Waals surface area contributed by atoms with Gasteiger partial charge in [0, 0.05) is 28.8 Å². The molecule has 1 aliphatic carbocycles. The Morgan fingerprint density at radius 2 is 2.20 bits per heavy atom. The van der Waals surface area contributed by atoms with Crippen molar-refractivity contribution in [3.05, 3.63) is 40.3 Å². The summed E-state index contributed by atoms with van der Waals surface area (Å²) >= 11 is 3.42. The molecule has 0 aromatic carbocycles. The van der Waals surface area contributed by atoms with Gasteiger partial charge in [-0.05, 0) is 47.3 Å². The lowest BCUT2D eigenvalue weighted by atomic mass is 10.1. The monoisotopic (exact) mass is 334 g/mol. The zero-order valence-corrected chi connectivity index (χ0v) is 13.2. The first-order valence-corrected chi connectivity index (χ1v) is 7.98. The second kappa shape index (κ2) is 6.06. The SMILES string of the molecule is CCCc1c(CNC2CC2)cnn1-c1ccc(Br)cn1. The highest BCUT2D eigenvalue weighted by atomic mass is 79.9. The minimum Gasteiger partial charge on any atom is -0.310 e. The van der Waals surface area contributed by atoms with Gasteiger partial charge in [0.1, 0.15) is 0 Å². The van der Waals surface area contributed by atoms with E-state index in [1.807, 2.05) is 29.2 Å². The van der Waals surface area contributed by atoms with Crippen molar-refractivity contribution in [1.82, 2.24) is 20.1 Å². The second-order valence-electron chi connectivity index (χ2n) is 5.27. The van der Waals surface area contributed by atoms with Gasteiger partial charge in [-0.1, -0.05) is 13.3 Å². The van der Waals surface area contributed by atoms with Crippen molar-refractivity contribution in [2.45, 2.75) is 45.2 Å². The van der Waals surface area contributed by atoms with Crippen LogP contribution in [-0.2, 0) is 13.0 Å². The third-order valence-corrected chi connectivity index (χ3v) is 4.00. The van der Waals surface area contributed by atoms with E-state index in [0.717, 1.165) is 35.7 Å². The number of pyridine rings is 1. The van der Waals surface area contributed by atoms with Crippen molar-refractivity contribution in [3.63, 3.8) is 0 Å². The number of nitrogens with one attached hydrogen (secondary N) is 1. The van der Waals surface area contributed by atoms with Gasteiger partial charge in [0.15, 0.2) is 5.82 Å². The van der Waals surface area contributed by atoms with Gasteiger partial charge in [-0.3, -0.25) is 0 Å². The summed E-state index contributed by atoms with van der Waals surface area (Å²) in [5.41, 5.74) is 2.57. The lowest BCUT2D eigenvalue weighted by Gasteiger charge is -2.09. The molecule has 0 saturated heterocycles. The van der Waals surface area contributed by atoms with Crippen molar-refractivity contribution < 1.29 is 0 Å². The molecule has 0 radical (unpaired) electrons. The maximum Gasteiger partial charge on any atom is 0.153 e. The van der Waals surface area contributed by atoms with Crippen LogP contribution in [0.2, 0.25) is 0 Å². The van der Waals surface area contributed by atoms with Crippen LogP contribution in [0.1, 0.15) is 37.4 Å². The van der Waals surface area contributed by atoms with Gasteiger partial charge in [-0.25, -0.2) is 9.67 Å². The summed E-state index contributed by atoms with van der Waals surface area (Å²) in [6, 6.07) is 4.72. The molecule has 106 valence electrons. The fraction of sp³-hybridized carbons (Fsp3) is 0.467. The number of nitrogens with zero attached hydrogens (tertiary/aromatic N) is 3. The van der Waals surface area contributed by atoms with E-state index in [4.69, 9.17) is 0 Å². The van der Waals surface area contributed by atoms with Crippen molar-refractivity contribution in [2.75, 3.05) is 0 Å². The van der Waals surface area contributed by atoms with Crippen LogP contribution in [0.3, 0.4) is 0 Å². The molecule has 2 aromatic heterocycles. The molecule has 1 N–H and O–H groups in total. The fourth-order valence-corrected chi connectivity index (χ4v) is 2.53. The average molecular weight is 335 g/mol. The van der Waals surface area contributed by atoms with Crippen LogP contribution >= 0.6 is 15.9 Å². The minimum absolute atomic E-state index is 0.721. The standard InChI is InChI=1S/C15H19BrN4/c1-2-3-14-11(8-17-13-5-6-13)9-19-20(14)15-7-4-12(16)10-18-15/h4,7,9-10,13,17H,2-3,5-6,8H2,1H3. The highest BCUT2D eigenvalue weighted by molar-refractivity contribution is 9.10. The van der Waals surface area contributed by atoms with E-state index < -0.39 is 0 Å². The van der Waals surface area contributed by atoms with Gasteiger partial charge in [0.25, 0.3) is 0 Å². The maximum atomic E-state index is 4.53. The van der Waals surface area contributed by atoms with Gasteiger partial charge in [-0.2, -0.15) is 5.10 Å². The summed E-state index contributed by atoms with van der Waals surface area (Å²) < 4.78 is 2.96. The zero-order valence-electron chi connectivity index (χ0n) is 11.6. The second-order valence-corrected chi connectivity index (χ2v) is 6.18. The molecule has 0 spiro atoms. The van der Waals surface area contributed by atoms with Crippen LogP contribution in [0.15, 0.2) is 29.0 Å². The Labute approximate surface area is 127 Å². The Morgan fingerprint density at radius 1 is 1.35 bits per heavy atom. The van der Waals surface area contributed by atoms with Gasteiger partial charge in [-0.15, -0.1) is 0 Å². The first-order chi connectivity index (χ1) is 9.78. The molecule has 0 atom stereocenters. The highest BCUT2D eigenvalue weighted by Gasteiger charge is 2.21. The number of rotatable bonds is 6. The smallest absolute Gasteiger partial charge is 0.153 e. The molecule has 0 bridgehead atoms. The van der Waals surface area contributed by atoms with Crippen LogP contribution in [0, 0.1) is 0 Å². The Hall–Kier alpha value is -1.20. The van der Waals surface area contributed by atoms with Crippen LogP contribution in [0.4, 0.5) is 0 Å². The van der Waals surface area contributed by atoms with E-state index in [1.165, 1.54) is 24.1 Å². The van der Waals surface area contributed by atoms with Crippen LogP contribution in [0.5, 0.6) is 0 Å². The summed E-state index contributed by atoms with van der Waals surface area (Å²) in [6.45, 7) is 3.11. The fourth-order valence-electron chi connectivity index (χ4n) is 2.29. The Balaban J connectivity index is 1.86. The van der Waals surface area contributed by atoms with Crippen molar-refractivity contribution in [3.8, 4) is 5.82 Å². The molecule has 5 heteroatoms. The topological polar surface area (TPSA) is 42.7 Å². The Morgan fingerprint density at radius 3 is 2.85 bits per heavy atom. The molecular formula is C15H19BrN4. The van der Waals surface area contributed by atoms with E-state index in [0.29, 0.717) is 0 Å². The number of hydrogen-bond donors (Lipinski definition) is 1. The molecule has 2 aromatic rings. The molecule has 0 amide bonds. The quantitative estimate of drug-likeness (QED) is 0.881. The Kier molecular flexibility index (Phi) is 4.17. The first kappa shape index (κ1) is 13.8. The molecule has 1 fully saturated rings. The molecular weight excluding hydrogens is 316 g/mol. The van der Waals surface area contributed by atoms with Crippen LogP contribution in [0.25, 0.3) is 5.82 Å². The first-order valence-electron chi connectivity index (χ1n) is 7.19. The summed E-state index contributed by atoms with van der Waals surface area (Å²) in [4.78, 5) is 4.45. The zero-order chi connectivity index (χ0) is 13.9. The average Bonchev–Trinajstić information content (AvgIpc) is 3.20. The van der Waals surface area contributed by atoms with Gasteiger partial charge >= 0.3 is 0 Å². The molecule has 4 nitrogen and oxygen atoms in total. The van der Waals surface area contributed by atoms with E-state index in [1.54, 1.807) is 0 Å². The lowest BCUT2D eigenvalue weighted by Crippen LogP contribution is -2.16. The molecule has 0 aliphatic heterocycles. The third kappa shape index (κ3) is 3.10. The van der Waals surface area contributed by atoms with Crippen LogP contribution < -0.4 is 5.32 Å². The predicted octanol–water partition coefficient (Wildman–Crippen LogP) is 3.23. The van der Waals surface area contributed by atoms with Crippen molar-refractivity contribution in [1.29, 1.82) is 0 Å². The molecule has 1 aliphatic rings. The number of halogens is 1. The molecule has 1 saturated carbocycles. The molecule has 0 unspecified atom stereocenters. The predicted molar refractivity (Wildman–Crippen MR) is 82.9 cm³/mol. The summed E-state index contributed by atoms with van der Waals surface area (Å²) in [5.74, 6) is 0.884. The van der Waals surface area contributed by atoms with E-state index in [2.05, 4.69) is 38.3 Å². The molecule has 20 heavy (non-hydrogen) atoms. The maximum absolute atomic E-state index is 4.53. The van der Waals surface area contributed by atoms with Crippen molar-refractivity contribution in [2.24, 2.45) is 0 Å². The van der Waals surface area contributed by atoms with Crippen molar-refractivity contribution >= 4 is 15.9 Å². The third-order valence-electron chi connectivity index (χ3n) is 3.53. The highest BCUT2D eigenvalue weighted by Crippen LogP contribution is 2.21. The number of hydrogen-bond acceptors (Lipinski definition) is 3. The van der Waals surface area contributed by atoms with Crippen LogP contribution in [-0.4, -0.2) is 20.8 Å². The largest absolute Gasteiger partial charge is 0.310 e. The lowest BCUT2D eigenvalue weighted by molar-refractivity contribution is 0.675. The molecule has 3 rings (SSSR count). The van der Waals surface area contributed by atoms with Gasteiger partial charge < -0.3 is 5.32 Å². The summed E-state index contributed by atoms with van der Waals surface area (Å²) in [7, 11) is 0. The van der Waals surface area contributed by atoms with E-state index in [-0.39, 0.29) is 0 Å². The number of aromatic nitrogens is 3. The van der Waals surface area contributed by atoms with Gasteiger partial charge in [0.2, 0.25) is 0 Å². The Bertz CT molecular complexity index is 572.